The molecule has 4 rings (SSSR count). The van der Waals surface area contributed by atoms with Gasteiger partial charge >= 0.3 is 0 Å². The molecule has 2 aromatic carbocycles. The van der Waals surface area contributed by atoms with Crippen LogP contribution in [-0.4, -0.2) is 19.7 Å². The molecule has 0 bridgehead atoms. The van der Waals surface area contributed by atoms with Crippen LogP contribution in [0.1, 0.15) is 31.2 Å². The SMILES string of the molecule is CCCCn1c(SCc2nc(-c3ccccc3C)no2)nc2ccccc2c1=O. The highest BCUT2D eigenvalue weighted by atomic mass is 32.2. The Kier molecular flexibility index (Phi) is 5.76. The number of nitrogens with zero attached hydrogens (tertiary/aromatic N) is 4. The minimum atomic E-state index is -0.00215. The zero-order chi connectivity index (χ0) is 20.2. The number of fused-ring (bicyclic) bond motifs is 1. The lowest BCUT2D eigenvalue weighted by atomic mass is 10.1. The van der Waals surface area contributed by atoms with Gasteiger partial charge in [-0.2, -0.15) is 4.98 Å². The van der Waals surface area contributed by atoms with Gasteiger partial charge in [0.05, 0.1) is 16.7 Å². The Morgan fingerprint density at radius 2 is 1.86 bits per heavy atom. The van der Waals surface area contributed by atoms with E-state index in [0.29, 0.717) is 40.1 Å². The van der Waals surface area contributed by atoms with Crippen molar-refractivity contribution >= 4 is 22.7 Å². The van der Waals surface area contributed by atoms with Gasteiger partial charge in [0, 0.05) is 12.1 Å². The van der Waals surface area contributed by atoms with Crippen molar-refractivity contribution in [2.24, 2.45) is 0 Å². The third-order valence-corrected chi connectivity index (χ3v) is 5.70. The summed E-state index contributed by atoms with van der Waals surface area (Å²) in [4.78, 5) is 22.2. The van der Waals surface area contributed by atoms with Gasteiger partial charge in [0.25, 0.3) is 5.56 Å². The van der Waals surface area contributed by atoms with Gasteiger partial charge in [-0.1, -0.05) is 66.7 Å². The summed E-state index contributed by atoms with van der Waals surface area (Å²) in [6.07, 6.45) is 1.93. The van der Waals surface area contributed by atoms with E-state index in [1.165, 1.54) is 11.8 Å². The molecule has 148 valence electrons. The highest BCUT2D eigenvalue weighted by molar-refractivity contribution is 7.98. The minimum Gasteiger partial charge on any atom is -0.338 e. The largest absolute Gasteiger partial charge is 0.338 e. The molecule has 6 nitrogen and oxygen atoms in total. The summed E-state index contributed by atoms with van der Waals surface area (Å²) in [7, 11) is 0. The molecule has 0 aliphatic heterocycles. The van der Waals surface area contributed by atoms with E-state index in [2.05, 4.69) is 17.1 Å². The molecule has 0 radical (unpaired) electrons. The fraction of sp³-hybridized carbons (Fsp3) is 0.273. The quantitative estimate of drug-likeness (QED) is 0.323. The van der Waals surface area contributed by atoms with Crippen molar-refractivity contribution < 1.29 is 4.52 Å². The van der Waals surface area contributed by atoms with Crippen molar-refractivity contribution in [3.05, 3.63) is 70.3 Å². The van der Waals surface area contributed by atoms with Crippen LogP contribution in [0.15, 0.2) is 63.0 Å². The standard InChI is InChI=1S/C22H22N4O2S/c1-3-4-13-26-21(27)17-11-7-8-12-18(17)23-22(26)29-14-19-24-20(25-28-19)16-10-6-5-9-15(16)2/h5-12H,3-4,13-14H2,1-2H3. The topological polar surface area (TPSA) is 73.8 Å². The number of hydrogen-bond acceptors (Lipinski definition) is 6. The van der Waals surface area contributed by atoms with Gasteiger partial charge < -0.3 is 4.52 Å². The number of aryl methyl sites for hydroxylation is 1. The van der Waals surface area contributed by atoms with E-state index in [0.717, 1.165) is 24.0 Å². The maximum absolute atomic E-state index is 13.0. The van der Waals surface area contributed by atoms with Gasteiger partial charge in [0.1, 0.15) is 0 Å². The van der Waals surface area contributed by atoms with E-state index in [9.17, 15) is 4.79 Å². The summed E-state index contributed by atoms with van der Waals surface area (Å²) in [5, 5.41) is 5.44. The predicted molar refractivity (Wildman–Crippen MR) is 115 cm³/mol. The number of benzene rings is 2. The number of unbranched alkanes of at least 4 members (excludes halogenated alkanes) is 1. The van der Waals surface area contributed by atoms with Gasteiger partial charge in [-0.25, -0.2) is 4.98 Å². The first kappa shape index (κ1) is 19.4. The van der Waals surface area contributed by atoms with Gasteiger partial charge in [-0.05, 0) is 31.0 Å². The molecule has 29 heavy (non-hydrogen) atoms. The third-order valence-electron chi connectivity index (χ3n) is 4.74. The Morgan fingerprint density at radius 1 is 1.07 bits per heavy atom. The van der Waals surface area contributed by atoms with Crippen molar-refractivity contribution in [1.29, 1.82) is 0 Å². The zero-order valence-electron chi connectivity index (χ0n) is 16.5. The second kappa shape index (κ2) is 8.61. The fourth-order valence-electron chi connectivity index (χ4n) is 3.14. The van der Waals surface area contributed by atoms with Gasteiger partial charge in [0.15, 0.2) is 5.16 Å². The lowest BCUT2D eigenvalue weighted by Gasteiger charge is -2.12. The molecule has 0 saturated heterocycles. The Bertz CT molecular complexity index is 1200. The molecule has 0 aliphatic carbocycles. The lowest BCUT2D eigenvalue weighted by molar-refractivity contribution is 0.391. The van der Waals surface area contributed by atoms with E-state index in [1.54, 1.807) is 4.57 Å². The molecular formula is C22H22N4O2S. The van der Waals surface area contributed by atoms with E-state index in [1.807, 2.05) is 55.5 Å². The lowest BCUT2D eigenvalue weighted by Crippen LogP contribution is -2.23. The maximum atomic E-state index is 13.0. The minimum absolute atomic E-state index is 0.00215. The Hall–Kier alpha value is -2.93. The number of hydrogen-bond donors (Lipinski definition) is 0. The second-order valence-electron chi connectivity index (χ2n) is 6.84. The first-order valence-electron chi connectivity index (χ1n) is 9.68. The molecule has 2 heterocycles. The van der Waals surface area contributed by atoms with E-state index < -0.39 is 0 Å². The molecule has 0 unspecified atom stereocenters. The average molecular weight is 407 g/mol. The molecule has 2 aromatic heterocycles. The van der Waals surface area contributed by atoms with Crippen LogP contribution in [0.4, 0.5) is 0 Å². The van der Waals surface area contributed by atoms with Crippen molar-refractivity contribution in [2.75, 3.05) is 0 Å². The number of para-hydroxylation sites is 1. The highest BCUT2D eigenvalue weighted by Crippen LogP contribution is 2.24. The predicted octanol–water partition coefficient (Wildman–Crippen LogP) is 4.85. The van der Waals surface area contributed by atoms with Crippen molar-refractivity contribution in [3.63, 3.8) is 0 Å². The van der Waals surface area contributed by atoms with E-state index >= 15 is 0 Å². The summed E-state index contributed by atoms with van der Waals surface area (Å²) in [5.74, 6) is 1.54. The van der Waals surface area contributed by atoms with Crippen molar-refractivity contribution in [2.45, 2.75) is 44.1 Å². The molecule has 0 aliphatic rings. The fourth-order valence-corrected chi connectivity index (χ4v) is 4.01. The normalized spacial score (nSPS) is 11.2. The average Bonchev–Trinajstić information content (AvgIpc) is 3.21. The Labute approximate surface area is 173 Å². The zero-order valence-corrected chi connectivity index (χ0v) is 17.3. The molecule has 0 spiro atoms. The van der Waals surface area contributed by atoms with E-state index in [-0.39, 0.29) is 5.56 Å². The Balaban J connectivity index is 1.61. The highest BCUT2D eigenvalue weighted by Gasteiger charge is 2.15. The van der Waals surface area contributed by atoms with Crippen LogP contribution < -0.4 is 5.56 Å². The second-order valence-corrected chi connectivity index (χ2v) is 7.78. The van der Waals surface area contributed by atoms with Crippen LogP contribution >= 0.6 is 11.8 Å². The van der Waals surface area contributed by atoms with Crippen molar-refractivity contribution in [3.8, 4) is 11.4 Å². The van der Waals surface area contributed by atoms with Gasteiger partial charge in [-0.15, -0.1) is 0 Å². The van der Waals surface area contributed by atoms with Crippen LogP contribution in [0.2, 0.25) is 0 Å². The summed E-state index contributed by atoms with van der Waals surface area (Å²) in [6.45, 7) is 4.77. The number of rotatable bonds is 7. The van der Waals surface area contributed by atoms with Crippen LogP contribution in [0.5, 0.6) is 0 Å². The van der Waals surface area contributed by atoms with E-state index in [4.69, 9.17) is 9.51 Å². The van der Waals surface area contributed by atoms with Crippen LogP contribution in [0, 0.1) is 6.92 Å². The number of aromatic nitrogens is 4. The first-order chi connectivity index (χ1) is 14.2. The molecule has 0 amide bonds. The molecule has 0 saturated carbocycles. The van der Waals surface area contributed by atoms with Crippen molar-refractivity contribution in [1.82, 2.24) is 19.7 Å². The summed E-state index contributed by atoms with van der Waals surface area (Å²) in [6, 6.07) is 15.4. The third kappa shape index (κ3) is 4.10. The van der Waals surface area contributed by atoms with Crippen LogP contribution in [0.25, 0.3) is 22.3 Å². The molecule has 0 fully saturated rings. The molecule has 7 heteroatoms. The molecule has 4 aromatic rings. The first-order valence-corrected chi connectivity index (χ1v) is 10.7. The Morgan fingerprint density at radius 3 is 2.69 bits per heavy atom. The summed E-state index contributed by atoms with van der Waals surface area (Å²) >= 11 is 1.45. The maximum Gasteiger partial charge on any atom is 0.262 e. The molecule has 0 N–H and O–H groups in total. The number of thioether (sulfide) groups is 1. The smallest absolute Gasteiger partial charge is 0.262 e. The van der Waals surface area contributed by atoms with Crippen LogP contribution in [-0.2, 0) is 12.3 Å². The monoisotopic (exact) mass is 406 g/mol. The van der Waals surface area contributed by atoms with Crippen LogP contribution in [0.3, 0.4) is 0 Å². The summed E-state index contributed by atoms with van der Waals surface area (Å²) in [5.41, 5.74) is 2.75. The van der Waals surface area contributed by atoms with Gasteiger partial charge in [0.2, 0.25) is 11.7 Å². The molecular weight excluding hydrogens is 384 g/mol. The molecule has 0 atom stereocenters. The van der Waals surface area contributed by atoms with Gasteiger partial charge in [-0.3, -0.25) is 9.36 Å². The summed E-state index contributed by atoms with van der Waals surface area (Å²) < 4.78 is 7.20.